The van der Waals surface area contributed by atoms with Gasteiger partial charge in [0.15, 0.2) is 0 Å². The predicted molar refractivity (Wildman–Crippen MR) is 68.7 cm³/mol. The normalized spacial score (nSPS) is 12.8. The SMILES string of the molecule is Cc1cc(C)n(-c2ccc([C@@H](C)O)cc2Cl)n1. The number of nitrogens with zero attached hydrogens (tertiary/aromatic N) is 2. The van der Waals surface area contributed by atoms with E-state index in [1.165, 1.54) is 0 Å². The first-order chi connectivity index (χ1) is 7.99. The molecule has 2 aromatic rings. The minimum atomic E-state index is -0.512. The van der Waals surface area contributed by atoms with Crippen LogP contribution in [0.4, 0.5) is 0 Å². The third-order valence-electron chi connectivity index (χ3n) is 2.69. The largest absolute Gasteiger partial charge is 0.389 e. The van der Waals surface area contributed by atoms with E-state index in [9.17, 15) is 5.11 Å². The zero-order valence-corrected chi connectivity index (χ0v) is 10.9. The van der Waals surface area contributed by atoms with Crippen LogP contribution in [0.15, 0.2) is 24.3 Å². The highest BCUT2D eigenvalue weighted by Crippen LogP contribution is 2.25. The van der Waals surface area contributed by atoms with Gasteiger partial charge in [-0.1, -0.05) is 17.7 Å². The summed E-state index contributed by atoms with van der Waals surface area (Å²) in [5.74, 6) is 0. The molecule has 0 unspecified atom stereocenters. The van der Waals surface area contributed by atoms with E-state index >= 15 is 0 Å². The van der Waals surface area contributed by atoms with Gasteiger partial charge in [0, 0.05) is 5.69 Å². The number of hydrogen-bond acceptors (Lipinski definition) is 2. The highest BCUT2D eigenvalue weighted by atomic mass is 35.5. The Morgan fingerprint density at radius 1 is 1.29 bits per heavy atom. The molecular weight excluding hydrogens is 236 g/mol. The van der Waals surface area contributed by atoms with Crippen LogP contribution in [0.25, 0.3) is 5.69 Å². The Balaban J connectivity index is 2.50. The molecule has 1 aromatic carbocycles. The lowest BCUT2D eigenvalue weighted by molar-refractivity contribution is 0.199. The van der Waals surface area contributed by atoms with E-state index in [0.717, 1.165) is 22.6 Å². The lowest BCUT2D eigenvalue weighted by Gasteiger charge is -2.10. The third kappa shape index (κ3) is 2.35. The quantitative estimate of drug-likeness (QED) is 0.889. The number of halogens is 1. The predicted octanol–water partition coefficient (Wildman–Crippen LogP) is 3.20. The summed E-state index contributed by atoms with van der Waals surface area (Å²) in [4.78, 5) is 0. The Morgan fingerprint density at radius 2 is 2.00 bits per heavy atom. The summed E-state index contributed by atoms with van der Waals surface area (Å²) in [5, 5.41) is 14.5. The summed E-state index contributed by atoms with van der Waals surface area (Å²) in [6.45, 7) is 5.65. The zero-order valence-electron chi connectivity index (χ0n) is 10.1. The lowest BCUT2D eigenvalue weighted by Crippen LogP contribution is -2.01. The molecule has 0 saturated heterocycles. The van der Waals surface area contributed by atoms with Crippen molar-refractivity contribution < 1.29 is 5.11 Å². The Labute approximate surface area is 106 Å². The molecule has 1 atom stereocenters. The molecule has 1 heterocycles. The smallest absolute Gasteiger partial charge is 0.0835 e. The molecule has 4 heteroatoms. The fourth-order valence-corrected chi connectivity index (χ4v) is 2.10. The number of aryl methyl sites for hydroxylation is 2. The van der Waals surface area contributed by atoms with Crippen molar-refractivity contribution in [3.8, 4) is 5.69 Å². The van der Waals surface area contributed by atoms with Gasteiger partial charge in [0.1, 0.15) is 0 Å². The van der Waals surface area contributed by atoms with Gasteiger partial charge in [-0.15, -0.1) is 0 Å². The lowest BCUT2D eigenvalue weighted by atomic mass is 10.1. The zero-order chi connectivity index (χ0) is 12.6. The summed E-state index contributed by atoms with van der Waals surface area (Å²) >= 11 is 6.22. The fraction of sp³-hybridized carbons (Fsp3) is 0.308. The van der Waals surface area contributed by atoms with Gasteiger partial charge in [-0.05, 0) is 44.5 Å². The second-order valence-corrected chi connectivity index (χ2v) is 4.63. The number of hydrogen-bond donors (Lipinski definition) is 1. The van der Waals surface area contributed by atoms with E-state index in [1.807, 2.05) is 36.7 Å². The molecule has 0 saturated carbocycles. The maximum absolute atomic E-state index is 9.49. The standard InChI is InChI=1S/C13H15ClN2O/c1-8-6-9(2)16(15-8)13-5-4-11(10(3)17)7-12(13)14/h4-7,10,17H,1-3H3/t10-/m1/s1. The Morgan fingerprint density at radius 3 is 2.47 bits per heavy atom. The molecule has 0 aliphatic heterocycles. The third-order valence-corrected chi connectivity index (χ3v) is 2.99. The maximum atomic E-state index is 9.49. The summed E-state index contributed by atoms with van der Waals surface area (Å²) in [6.07, 6.45) is -0.512. The molecule has 1 aromatic heterocycles. The fourth-order valence-electron chi connectivity index (χ4n) is 1.83. The summed E-state index contributed by atoms with van der Waals surface area (Å²) in [6, 6.07) is 7.52. The molecule has 0 aliphatic rings. The molecule has 0 amide bonds. The van der Waals surface area contributed by atoms with Crippen LogP contribution in [0, 0.1) is 13.8 Å². The topological polar surface area (TPSA) is 38.0 Å². The molecule has 3 nitrogen and oxygen atoms in total. The van der Waals surface area contributed by atoms with Gasteiger partial charge >= 0.3 is 0 Å². The summed E-state index contributed by atoms with van der Waals surface area (Å²) in [7, 11) is 0. The summed E-state index contributed by atoms with van der Waals surface area (Å²) < 4.78 is 1.81. The molecule has 0 bridgehead atoms. The minimum Gasteiger partial charge on any atom is -0.389 e. The van der Waals surface area contributed by atoms with Crippen LogP contribution >= 0.6 is 11.6 Å². The molecule has 90 valence electrons. The first kappa shape index (κ1) is 12.1. The number of aliphatic hydroxyl groups excluding tert-OH is 1. The number of aromatic nitrogens is 2. The first-order valence-electron chi connectivity index (χ1n) is 5.50. The van der Waals surface area contributed by atoms with E-state index in [1.54, 1.807) is 13.0 Å². The van der Waals surface area contributed by atoms with Crippen molar-refractivity contribution in [1.82, 2.24) is 9.78 Å². The van der Waals surface area contributed by atoms with Crippen LogP contribution in [0.1, 0.15) is 30.0 Å². The maximum Gasteiger partial charge on any atom is 0.0835 e. The van der Waals surface area contributed by atoms with E-state index in [2.05, 4.69) is 5.10 Å². The molecule has 2 rings (SSSR count). The van der Waals surface area contributed by atoms with Gasteiger partial charge < -0.3 is 5.11 Å². The van der Waals surface area contributed by atoms with Crippen LogP contribution < -0.4 is 0 Å². The van der Waals surface area contributed by atoms with Crippen LogP contribution in [-0.4, -0.2) is 14.9 Å². The summed E-state index contributed by atoms with van der Waals surface area (Å²) in [5.41, 5.74) is 3.63. The van der Waals surface area contributed by atoms with Gasteiger partial charge in [-0.2, -0.15) is 5.10 Å². The second-order valence-electron chi connectivity index (χ2n) is 4.23. The van der Waals surface area contributed by atoms with Crippen molar-refractivity contribution in [2.75, 3.05) is 0 Å². The number of rotatable bonds is 2. The first-order valence-corrected chi connectivity index (χ1v) is 5.88. The van der Waals surface area contributed by atoms with Crippen molar-refractivity contribution in [3.05, 3.63) is 46.2 Å². The van der Waals surface area contributed by atoms with Crippen molar-refractivity contribution in [2.24, 2.45) is 0 Å². The monoisotopic (exact) mass is 250 g/mol. The highest BCUT2D eigenvalue weighted by Gasteiger charge is 2.10. The average Bonchev–Trinajstić information content (AvgIpc) is 2.57. The number of aliphatic hydroxyl groups is 1. The van der Waals surface area contributed by atoms with Gasteiger partial charge in [0.05, 0.1) is 22.5 Å². The van der Waals surface area contributed by atoms with E-state index < -0.39 is 6.10 Å². The molecule has 0 fully saturated rings. The molecule has 0 spiro atoms. The van der Waals surface area contributed by atoms with Crippen LogP contribution in [0.3, 0.4) is 0 Å². The number of benzene rings is 1. The van der Waals surface area contributed by atoms with Gasteiger partial charge in [0.2, 0.25) is 0 Å². The van der Waals surface area contributed by atoms with Crippen LogP contribution in [0.5, 0.6) is 0 Å². The Hall–Kier alpha value is -1.32. The van der Waals surface area contributed by atoms with Gasteiger partial charge in [-0.3, -0.25) is 0 Å². The van der Waals surface area contributed by atoms with Crippen LogP contribution in [0.2, 0.25) is 5.02 Å². The molecule has 17 heavy (non-hydrogen) atoms. The second kappa shape index (κ2) is 4.51. The van der Waals surface area contributed by atoms with Crippen molar-refractivity contribution >= 4 is 11.6 Å². The van der Waals surface area contributed by atoms with Crippen molar-refractivity contribution in [3.63, 3.8) is 0 Å². The average molecular weight is 251 g/mol. The van der Waals surface area contributed by atoms with Gasteiger partial charge in [-0.25, -0.2) is 4.68 Å². The van der Waals surface area contributed by atoms with E-state index in [0.29, 0.717) is 5.02 Å². The van der Waals surface area contributed by atoms with Crippen molar-refractivity contribution in [2.45, 2.75) is 26.9 Å². The van der Waals surface area contributed by atoms with Gasteiger partial charge in [0.25, 0.3) is 0 Å². The van der Waals surface area contributed by atoms with Crippen molar-refractivity contribution in [1.29, 1.82) is 0 Å². The Kier molecular flexibility index (Phi) is 3.22. The molecular formula is C13H15ClN2O. The van der Waals surface area contributed by atoms with E-state index in [-0.39, 0.29) is 0 Å². The molecule has 0 radical (unpaired) electrons. The minimum absolute atomic E-state index is 0.512. The van der Waals surface area contributed by atoms with E-state index in [4.69, 9.17) is 11.6 Å². The Bertz CT molecular complexity index is 546. The molecule has 0 aliphatic carbocycles. The highest BCUT2D eigenvalue weighted by molar-refractivity contribution is 6.32. The molecule has 1 N–H and O–H groups in total. The van der Waals surface area contributed by atoms with Crippen LogP contribution in [-0.2, 0) is 0 Å².